The minimum Gasteiger partial charge on any atom is -0.344 e. The van der Waals surface area contributed by atoms with E-state index in [1.54, 1.807) is 0 Å². The first-order valence-electron chi connectivity index (χ1n) is 5.19. The summed E-state index contributed by atoms with van der Waals surface area (Å²) in [4.78, 5) is -2.78. The van der Waals surface area contributed by atoms with E-state index in [1.807, 2.05) is 0 Å². The van der Waals surface area contributed by atoms with Crippen LogP contribution < -0.4 is 12.3 Å². The maximum atomic E-state index is 11.3. The predicted octanol–water partition coefficient (Wildman–Crippen LogP) is 4.01. The van der Waals surface area contributed by atoms with Crippen molar-refractivity contribution in [2.24, 2.45) is 11.8 Å². The van der Waals surface area contributed by atoms with Crippen molar-refractivity contribution in [1.82, 2.24) is 12.3 Å². The highest BCUT2D eigenvalue weighted by atomic mass is 35.5. The number of hydrogen-bond acceptors (Lipinski definition) is 5. The van der Waals surface area contributed by atoms with Gasteiger partial charge in [-0.05, 0) is 0 Å². The van der Waals surface area contributed by atoms with Crippen LogP contribution in [-0.2, 0) is 19.7 Å². The molecule has 3 rings (SSSR count). The maximum Gasteiger partial charge on any atom is 0.304 e. The summed E-state index contributed by atoms with van der Waals surface area (Å²) >= 11 is 36.4. The van der Waals surface area contributed by atoms with E-state index in [0.29, 0.717) is 0 Å². The molecule has 2 fully saturated rings. The van der Waals surface area contributed by atoms with E-state index in [9.17, 15) is 4.21 Å². The zero-order valence-electron chi connectivity index (χ0n) is 10.4. The van der Waals surface area contributed by atoms with Crippen LogP contribution in [-0.4, -0.2) is 31.5 Å². The van der Waals surface area contributed by atoms with Crippen molar-refractivity contribution in [1.29, 1.82) is 0 Å². The fourth-order valence-electron chi connectivity index (χ4n) is 2.96. The molecule has 0 aromatic rings. The molecule has 21 heavy (non-hydrogen) atoms. The van der Waals surface area contributed by atoms with E-state index in [4.69, 9.17) is 78.0 Å². The molecule has 3 aliphatic rings. The van der Waals surface area contributed by atoms with Crippen LogP contribution in [0.1, 0.15) is 0 Å². The quantitative estimate of drug-likeness (QED) is 0.553. The topological polar surface area (TPSA) is 106 Å². The molecule has 4 unspecified atom stereocenters. The van der Waals surface area contributed by atoms with Crippen LogP contribution in [0.2, 0.25) is 0 Å². The molecule has 0 aromatic heterocycles. The molecule has 1 aliphatic heterocycles. The van der Waals surface area contributed by atoms with Crippen LogP contribution in [0, 0.1) is 11.8 Å². The van der Waals surface area contributed by atoms with Crippen LogP contribution in [0.3, 0.4) is 0 Å². The second-order valence-electron chi connectivity index (χ2n) is 4.61. The summed E-state index contributed by atoms with van der Waals surface area (Å²) in [6.45, 7) is 0.0215. The molecule has 124 valence electrons. The fourth-order valence-corrected chi connectivity index (χ4v) is 6.60. The minimum absolute atomic E-state index is 0. The Kier molecular flexibility index (Phi) is 5.94. The van der Waals surface area contributed by atoms with Gasteiger partial charge in [0.15, 0.2) is 4.33 Å². The molecule has 2 bridgehead atoms. The molecule has 0 radical (unpaired) electrons. The third kappa shape index (κ3) is 2.15. The molecule has 5 nitrogen and oxygen atoms in total. The molecule has 0 amide bonds. The lowest BCUT2D eigenvalue weighted by atomic mass is 9.83. The van der Waals surface area contributed by atoms with Crippen molar-refractivity contribution < 1.29 is 12.6 Å². The summed E-state index contributed by atoms with van der Waals surface area (Å²) in [6.07, 6.45) is 0. The Morgan fingerprint density at radius 2 is 1.24 bits per heavy atom. The summed E-state index contributed by atoms with van der Waals surface area (Å²) < 4.78 is 19.7. The molecule has 1 heterocycles. The standard InChI is InChI=1S/C9H6Cl6O3S.2H3N/c10-5-6(11)8(13)4-2-18-19(16)17-1-3(4)7(5,12)9(8,14)15;;/h3-4H,1-2H2;2*1H3. The Bertz CT molecular complexity index is 480. The van der Waals surface area contributed by atoms with Crippen molar-refractivity contribution >= 4 is 81.0 Å². The third-order valence-electron chi connectivity index (χ3n) is 3.94. The van der Waals surface area contributed by atoms with Gasteiger partial charge in [0.1, 0.15) is 9.75 Å². The smallest absolute Gasteiger partial charge is 0.304 e. The van der Waals surface area contributed by atoms with Crippen LogP contribution in [0.4, 0.5) is 0 Å². The van der Waals surface area contributed by atoms with E-state index < -0.39 is 37.3 Å². The molecule has 0 aromatic carbocycles. The predicted molar refractivity (Wildman–Crippen MR) is 87.4 cm³/mol. The first-order valence-corrected chi connectivity index (χ1v) is 8.46. The lowest BCUT2D eigenvalue weighted by Crippen LogP contribution is -2.45. The lowest BCUT2D eigenvalue weighted by molar-refractivity contribution is 0.207. The van der Waals surface area contributed by atoms with Gasteiger partial charge in [-0.3, -0.25) is 8.37 Å². The van der Waals surface area contributed by atoms with Gasteiger partial charge < -0.3 is 12.3 Å². The summed E-state index contributed by atoms with van der Waals surface area (Å²) in [5, 5.41) is 0.210. The highest BCUT2D eigenvalue weighted by Crippen LogP contribution is 2.76. The second-order valence-corrected chi connectivity index (χ2v) is 8.77. The summed E-state index contributed by atoms with van der Waals surface area (Å²) in [5.41, 5.74) is 0. The van der Waals surface area contributed by atoms with Gasteiger partial charge in [0.25, 0.3) is 0 Å². The monoisotopic (exact) mass is 438 g/mol. The van der Waals surface area contributed by atoms with E-state index in [-0.39, 0.29) is 35.6 Å². The Morgan fingerprint density at radius 3 is 1.57 bits per heavy atom. The largest absolute Gasteiger partial charge is 0.344 e. The van der Waals surface area contributed by atoms with Crippen molar-refractivity contribution in [3.63, 3.8) is 0 Å². The zero-order chi connectivity index (χ0) is 14.2. The minimum atomic E-state index is -1.86. The van der Waals surface area contributed by atoms with Gasteiger partial charge >= 0.3 is 11.4 Å². The SMILES string of the molecule is N.N.O=S1OCC2C(CO1)C1(Cl)C(Cl)=C(Cl)C2(Cl)C1(Cl)Cl. The average molecular weight is 441 g/mol. The van der Waals surface area contributed by atoms with Crippen LogP contribution >= 0.6 is 69.6 Å². The number of alkyl halides is 4. The van der Waals surface area contributed by atoms with Gasteiger partial charge in [0, 0.05) is 11.8 Å². The van der Waals surface area contributed by atoms with Crippen molar-refractivity contribution in [2.45, 2.75) is 14.1 Å². The molecule has 1 saturated carbocycles. The van der Waals surface area contributed by atoms with Crippen molar-refractivity contribution in [2.75, 3.05) is 13.2 Å². The van der Waals surface area contributed by atoms with E-state index in [1.165, 1.54) is 0 Å². The van der Waals surface area contributed by atoms with Gasteiger partial charge in [-0.2, -0.15) is 4.21 Å². The number of hydrogen-bond donors (Lipinski definition) is 2. The van der Waals surface area contributed by atoms with Crippen molar-refractivity contribution in [3.05, 3.63) is 10.1 Å². The second kappa shape index (κ2) is 6.08. The van der Waals surface area contributed by atoms with Gasteiger partial charge in [-0.25, -0.2) is 0 Å². The van der Waals surface area contributed by atoms with Crippen LogP contribution in [0.25, 0.3) is 0 Å². The molecule has 1 saturated heterocycles. The molecule has 0 spiro atoms. The molecule has 6 N–H and O–H groups in total. The Balaban J connectivity index is 0.00000110. The fraction of sp³-hybridized carbons (Fsp3) is 0.778. The van der Waals surface area contributed by atoms with E-state index in [2.05, 4.69) is 0 Å². The average Bonchev–Trinajstić information content (AvgIpc) is 2.54. The van der Waals surface area contributed by atoms with Gasteiger partial charge in [0.2, 0.25) is 0 Å². The summed E-state index contributed by atoms with van der Waals surface area (Å²) in [6, 6.07) is 0. The van der Waals surface area contributed by atoms with E-state index >= 15 is 0 Å². The summed E-state index contributed by atoms with van der Waals surface area (Å²) in [7, 11) is 0. The highest BCUT2D eigenvalue weighted by molar-refractivity contribution is 7.75. The van der Waals surface area contributed by atoms with Crippen LogP contribution in [0.5, 0.6) is 0 Å². The molecular formula is C9H12Cl6N2O3S. The lowest BCUT2D eigenvalue weighted by Gasteiger charge is -2.33. The van der Waals surface area contributed by atoms with Gasteiger partial charge in [-0.1, -0.05) is 46.4 Å². The molecule has 4 atom stereocenters. The Hall–Kier alpha value is 1.47. The first kappa shape index (κ1) is 20.5. The van der Waals surface area contributed by atoms with Crippen LogP contribution in [0.15, 0.2) is 10.1 Å². The van der Waals surface area contributed by atoms with E-state index in [0.717, 1.165) is 0 Å². The Morgan fingerprint density at radius 1 is 0.905 bits per heavy atom. The number of halogens is 6. The number of fused-ring (bicyclic) bond motifs is 5. The highest BCUT2D eigenvalue weighted by Gasteiger charge is 2.82. The van der Waals surface area contributed by atoms with Gasteiger partial charge in [0.05, 0.1) is 23.3 Å². The normalized spacial score (nSPS) is 47.2. The summed E-state index contributed by atoms with van der Waals surface area (Å²) in [5.74, 6) is -0.911. The number of allylic oxidation sites excluding steroid dienone is 2. The third-order valence-corrected chi connectivity index (χ3v) is 8.95. The number of rotatable bonds is 0. The first-order chi connectivity index (χ1) is 8.69. The maximum absolute atomic E-state index is 11.3. The molecule has 12 heteroatoms. The molecular weight excluding hydrogens is 429 g/mol. The Labute approximate surface area is 154 Å². The molecule has 2 aliphatic carbocycles. The van der Waals surface area contributed by atoms with Crippen molar-refractivity contribution in [3.8, 4) is 0 Å². The zero-order valence-corrected chi connectivity index (χ0v) is 15.7. The van der Waals surface area contributed by atoms with Gasteiger partial charge in [-0.15, -0.1) is 23.2 Å².